The first-order valence-corrected chi connectivity index (χ1v) is 6.75. The zero-order valence-corrected chi connectivity index (χ0v) is 11.1. The third-order valence-electron chi connectivity index (χ3n) is 3.35. The minimum absolute atomic E-state index is 0.264. The number of piperidine rings is 1. The van der Waals surface area contributed by atoms with Crippen molar-refractivity contribution >= 4 is 5.91 Å². The second kappa shape index (κ2) is 7.67. The standard InChI is InChI=1S/C13H26N2O2/c1-11(2)14-7-3-4-13(17)15-8-5-12(10-16)6-9-15/h11-12,14,16H,3-10H2,1-2H3. The van der Waals surface area contributed by atoms with Gasteiger partial charge in [-0.2, -0.15) is 0 Å². The van der Waals surface area contributed by atoms with Crippen LogP contribution in [0.2, 0.25) is 0 Å². The second-order valence-corrected chi connectivity index (χ2v) is 5.22. The molecule has 0 spiro atoms. The van der Waals surface area contributed by atoms with Gasteiger partial charge in [0.2, 0.25) is 5.91 Å². The molecule has 1 heterocycles. The average molecular weight is 242 g/mol. The van der Waals surface area contributed by atoms with E-state index in [4.69, 9.17) is 5.11 Å². The Morgan fingerprint density at radius 1 is 1.41 bits per heavy atom. The molecular formula is C13H26N2O2. The van der Waals surface area contributed by atoms with E-state index in [0.29, 0.717) is 18.4 Å². The summed E-state index contributed by atoms with van der Waals surface area (Å²) >= 11 is 0. The SMILES string of the molecule is CC(C)NCCCC(=O)N1CCC(CO)CC1. The van der Waals surface area contributed by atoms with Crippen molar-refractivity contribution in [2.24, 2.45) is 5.92 Å². The number of likely N-dealkylation sites (tertiary alicyclic amines) is 1. The predicted molar refractivity (Wildman–Crippen MR) is 68.8 cm³/mol. The fraction of sp³-hybridized carbons (Fsp3) is 0.923. The molecule has 17 heavy (non-hydrogen) atoms. The Labute approximate surface area is 104 Å². The Morgan fingerprint density at radius 2 is 2.06 bits per heavy atom. The molecule has 0 atom stereocenters. The molecule has 0 aromatic carbocycles. The first-order valence-electron chi connectivity index (χ1n) is 6.75. The molecule has 4 heteroatoms. The Morgan fingerprint density at radius 3 is 2.59 bits per heavy atom. The van der Waals surface area contributed by atoms with Crippen LogP contribution < -0.4 is 5.32 Å². The van der Waals surface area contributed by atoms with Crippen molar-refractivity contribution in [3.63, 3.8) is 0 Å². The lowest BCUT2D eigenvalue weighted by molar-refractivity contribution is -0.132. The van der Waals surface area contributed by atoms with Crippen molar-refractivity contribution in [1.82, 2.24) is 10.2 Å². The van der Waals surface area contributed by atoms with Crippen LogP contribution in [-0.2, 0) is 4.79 Å². The maximum absolute atomic E-state index is 11.9. The molecule has 1 amide bonds. The van der Waals surface area contributed by atoms with E-state index >= 15 is 0 Å². The highest BCUT2D eigenvalue weighted by Crippen LogP contribution is 2.17. The van der Waals surface area contributed by atoms with E-state index in [1.807, 2.05) is 4.90 Å². The minimum atomic E-state index is 0.264. The Hall–Kier alpha value is -0.610. The van der Waals surface area contributed by atoms with Gasteiger partial charge >= 0.3 is 0 Å². The van der Waals surface area contributed by atoms with Gasteiger partial charge in [-0.3, -0.25) is 4.79 Å². The first kappa shape index (κ1) is 14.5. The van der Waals surface area contributed by atoms with E-state index in [-0.39, 0.29) is 12.5 Å². The summed E-state index contributed by atoms with van der Waals surface area (Å²) in [6.45, 7) is 7.04. The molecule has 2 N–H and O–H groups in total. The smallest absolute Gasteiger partial charge is 0.222 e. The van der Waals surface area contributed by atoms with Gasteiger partial charge in [-0.05, 0) is 31.7 Å². The van der Waals surface area contributed by atoms with Crippen molar-refractivity contribution in [2.75, 3.05) is 26.2 Å². The van der Waals surface area contributed by atoms with Crippen LogP contribution in [0, 0.1) is 5.92 Å². The number of carbonyl (C=O) groups is 1. The van der Waals surface area contributed by atoms with Crippen molar-refractivity contribution in [3.05, 3.63) is 0 Å². The fourth-order valence-corrected chi connectivity index (χ4v) is 2.15. The molecule has 1 rings (SSSR count). The van der Waals surface area contributed by atoms with E-state index in [1.54, 1.807) is 0 Å². The second-order valence-electron chi connectivity index (χ2n) is 5.22. The average Bonchev–Trinajstić information content (AvgIpc) is 2.34. The minimum Gasteiger partial charge on any atom is -0.396 e. The molecule has 0 radical (unpaired) electrons. The van der Waals surface area contributed by atoms with Gasteiger partial charge in [0.1, 0.15) is 0 Å². The lowest BCUT2D eigenvalue weighted by Crippen LogP contribution is -2.39. The molecule has 100 valence electrons. The number of aliphatic hydroxyl groups is 1. The maximum atomic E-state index is 11.9. The molecular weight excluding hydrogens is 216 g/mol. The zero-order chi connectivity index (χ0) is 12.7. The van der Waals surface area contributed by atoms with Crippen LogP contribution in [0.25, 0.3) is 0 Å². The summed E-state index contributed by atoms with van der Waals surface area (Å²) in [6.07, 6.45) is 3.46. The summed E-state index contributed by atoms with van der Waals surface area (Å²) in [5.41, 5.74) is 0. The topological polar surface area (TPSA) is 52.6 Å². The largest absolute Gasteiger partial charge is 0.396 e. The lowest BCUT2D eigenvalue weighted by atomic mass is 9.97. The number of rotatable bonds is 6. The molecule has 0 aromatic rings. The Balaban J connectivity index is 2.12. The molecule has 1 saturated heterocycles. The van der Waals surface area contributed by atoms with Crippen molar-refractivity contribution in [2.45, 2.75) is 45.6 Å². The summed E-state index contributed by atoms with van der Waals surface area (Å²) in [5, 5.41) is 12.3. The van der Waals surface area contributed by atoms with Crippen LogP contribution >= 0.6 is 0 Å². The number of carbonyl (C=O) groups excluding carboxylic acids is 1. The molecule has 1 fully saturated rings. The highest BCUT2D eigenvalue weighted by Gasteiger charge is 2.21. The van der Waals surface area contributed by atoms with Gasteiger partial charge in [-0.1, -0.05) is 13.8 Å². The molecule has 0 saturated carbocycles. The summed E-state index contributed by atoms with van der Waals surface area (Å²) < 4.78 is 0. The Bertz CT molecular complexity index is 223. The number of nitrogens with zero attached hydrogens (tertiary/aromatic N) is 1. The highest BCUT2D eigenvalue weighted by molar-refractivity contribution is 5.76. The number of nitrogens with one attached hydrogen (secondary N) is 1. The number of amides is 1. The zero-order valence-electron chi connectivity index (χ0n) is 11.1. The molecule has 1 aliphatic rings. The summed E-state index contributed by atoms with van der Waals surface area (Å²) in [6, 6.07) is 0.491. The van der Waals surface area contributed by atoms with E-state index < -0.39 is 0 Å². The highest BCUT2D eigenvalue weighted by atomic mass is 16.3. The Kier molecular flexibility index (Phi) is 6.52. The van der Waals surface area contributed by atoms with E-state index in [2.05, 4.69) is 19.2 Å². The first-order chi connectivity index (χ1) is 8.13. The molecule has 0 unspecified atom stereocenters. The van der Waals surface area contributed by atoms with Crippen LogP contribution in [0.1, 0.15) is 39.5 Å². The maximum Gasteiger partial charge on any atom is 0.222 e. The van der Waals surface area contributed by atoms with Gasteiger partial charge < -0.3 is 15.3 Å². The molecule has 0 aliphatic carbocycles. The fourth-order valence-electron chi connectivity index (χ4n) is 2.15. The van der Waals surface area contributed by atoms with Crippen LogP contribution in [-0.4, -0.2) is 48.2 Å². The summed E-state index contributed by atoms with van der Waals surface area (Å²) in [7, 11) is 0. The predicted octanol–water partition coefficient (Wildman–Crippen LogP) is 0.995. The quantitative estimate of drug-likeness (QED) is 0.683. The molecule has 4 nitrogen and oxygen atoms in total. The number of aliphatic hydroxyl groups excluding tert-OH is 1. The third kappa shape index (κ3) is 5.50. The third-order valence-corrected chi connectivity index (χ3v) is 3.35. The number of hydrogen-bond donors (Lipinski definition) is 2. The van der Waals surface area contributed by atoms with E-state index in [9.17, 15) is 4.79 Å². The molecule has 1 aliphatic heterocycles. The summed E-state index contributed by atoms with van der Waals surface area (Å²) in [5.74, 6) is 0.675. The van der Waals surface area contributed by atoms with Crippen molar-refractivity contribution in [1.29, 1.82) is 0 Å². The van der Waals surface area contributed by atoms with Gasteiger partial charge in [0.25, 0.3) is 0 Å². The van der Waals surface area contributed by atoms with Crippen LogP contribution in [0.4, 0.5) is 0 Å². The van der Waals surface area contributed by atoms with Gasteiger partial charge in [-0.25, -0.2) is 0 Å². The van der Waals surface area contributed by atoms with E-state index in [0.717, 1.165) is 38.9 Å². The van der Waals surface area contributed by atoms with Crippen molar-refractivity contribution < 1.29 is 9.90 Å². The molecule has 0 aromatic heterocycles. The molecule has 0 bridgehead atoms. The van der Waals surface area contributed by atoms with Gasteiger partial charge in [0, 0.05) is 32.2 Å². The van der Waals surface area contributed by atoms with E-state index in [1.165, 1.54) is 0 Å². The van der Waals surface area contributed by atoms with Gasteiger partial charge in [0.05, 0.1) is 0 Å². The monoisotopic (exact) mass is 242 g/mol. The van der Waals surface area contributed by atoms with Crippen LogP contribution in [0.3, 0.4) is 0 Å². The lowest BCUT2D eigenvalue weighted by Gasteiger charge is -2.31. The van der Waals surface area contributed by atoms with Crippen molar-refractivity contribution in [3.8, 4) is 0 Å². The number of hydrogen-bond acceptors (Lipinski definition) is 3. The van der Waals surface area contributed by atoms with Gasteiger partial charge in [0.15, 0.2) is 0 Å². The van der Waals surface area contributed by atoms with Crippen LogP contribution in [0.15, 0.2) is 0 Å². The summed E-state index contributed by atoms with van der Waals surface area (Å²) in [4.78, 5) is 13.8. The van der Waals surface area contributed by atoms with Crippen LogP contribution in [0.5, 0.6) is 0 Å². The normalized spacial score (nSPS) is 17.8. The van der Waals surface area contributed by atoms with Gasteiger partial charge in [-0.15, -0.1) is 0 Å².